The van der Waals surface area contributed by atoms with E-state index in [4.69, 9.17) is 9.84 Å². The smallest absolute Gasteiger partial charge is 0.409 e. The van der Waals surface area contributed by atoms with E-state index < -0.39 is 14.2 Å². The largest absolute Gasteiger partial charge is 0.494 e. The molecule has 6 heteroatoms. The van der Waals surface area contributed by atoms with Crippen molar-refractivity contribution in [2.45, 2.75) is 19.6 Å². The second-order valence-electron chi connectivity index (χ2n) is 4.67. The summed E-state index contributed by atoms with van der Waals surface area (Å²) in [6, 6.07) is 1.59. The molecule has 1 heterocycles. The van der Waals surface area contributed by atoms with E-state index in [0.29, 0.717) is 17.1 Å². The summed E-state index contributed by atoms with van der Waals surface area (Å²) < 4.78 is 5.10. The van der Waals surface area contributed by atoms with Crippen LogP contribution in [0.25, 0.3) is 0 Å². The molecule has 0 aliphatic heterocycles. The van der Waals surface area contributed by atoms with Crippen molar-refractivity contribution in [1.29, 1.82) is 0 Å². The molecule has 1 aromatic heterocycles. The van der Waals surface area contributed by atoms with Crippen LogP contribution in [0.4, 0.5) is 10.5 Å². The number of methoxy groups -OCH3 is 1. The fourth-order valence-electron chi connectivity index (χ4n) is 1.18. The lowest BCUT2D eigenvalue weighted by Crippen LogP contribution is -2.17. The van der Waals surface area contributed by atoms with Crippen LogP contribution in [0.2, 0.25) is 19.6 Å². The number of aromatic nitrogens is 1. The molecule has 18 heavy (non-hydrogen) atoms. The highest BCUT2D eigenvalue weighted by molar-refractivity contribution is 6.83. The molecule has 0 atom stereocenters. The third-order valence-electron chi connectivity index (χ3n) is 1.92. The molecule has 0 saturated heterocycles. The van der Waals surface area contributed by atoms with Gasteiger partial charge in [-0.3, -0.25) is 5.32 Å². The molecule has 0 spiro atoms. The Morgan fingerprint density at radius 1 is 1.50 bits per heavy atom. The van der Waals surface area contributed by atoms with Crippen molar-refractivity contribution in [3.05, 3.63) is 18.0 Å². The highest BCUT2D eigenvalue weighted by Crippen LogP contribution is 2.26. The van der Waals surface area contributed by atoms with Gasteiger partial charge >= 0.3 is 6.09 Å². The zero-order chi connectivity index (χ0) is 13.8. The lowest BCUT2D eigenvalue weighted by atomic mass is 10.3. The summed E-state index contributed by atoms with van der Waals surface area (Å²) in [6.07, 6.45) is 0.373. The zero-order valence-corrected chi connectivity index (χ0v) is 11.9. The SMILES string of the molecule is COc1ccnc(C#C[Si](C)(C)C)c1NC(=O)O. The van der Waals surface area contributed by atoms with Gasteiger partial charge in [-0.2, -0.15) is 0 Å². The van der Waals surface area contributed by atoms with E-state index in [1.807, 2.05) is 0 Å². The predicted molar refractivity (Wildman–Crippen MR) is 72.7 cm³/mol. The van der Waals surface area contributed by atoms with E-state index in [9.17, 15) is 4.79 Å². The molecule has 2 N–H and O–H groups in total. The van der Waals surface area contributed by atoms with E-state index in [1.54, 1.807) is 12.3 Å². The molecule has 96 valence electrons. The molecule has 0 aliphatic carbocycles. The first kappa shape index (κ1) is 14.1. The second kappa shape index (κ2) is 5.56. The van der Waals surface area contributed by atoms with Gasteiger partial charge in [0.1, 0.15) is 25.2 Å². The van der Waals surface area contributed by atoms with Crippen LogP contribution in [0.3, 0.4) is 0 Å². The monoisotopic (exact) mass is 264 g/mol. The minimum absolute atomic E-state index is 0.290. The fraction of sp³-hybridized carbons (Fsp3) is 0.333. The van der Waals surface area contributed by atoms with Gasteiger partial charge in [0.2, 0.25) is 0 Å². The molecule has 1 aromatic rings. The Hall–Kier alpha value is -2.00. The maximum Gasteiger partial charge on any atom is 0.409 e. The molecule has 0 aliphatic rings. The number of nitrogens with one attached hydrogen (secondary N) is 1. The van der Waals surface area contributed by atoms with Crippen LogP contribution >= 0.6 is 0 Å². The first-order valence-electron chi connectivity index (χ1n) is 5.39. The zero-order valence-electron chi connectivity index (χ0n) is 10.9. The van der Waals surface area contributed by atoms with Gasteiger partial charge in [0.15, 0.2) is 0 Å². The van der Waals surface area contributed by atoms with Crippen molar-refractivity contribution in [3.63, 3.8) is 0 Å². The van der Waals surface area contributed by atoms with Crippen molar-refractivity contribution in [1.82, 2.24) is 4.98 Å². The number of anilines is 1. The summed E-state index contributed by atoms with van der Waals surface area (Å²) in [7, 11) is -0.0773. The third kappa shape index (κ3) is 4.11. The highest BCUT2D eigenvalue weighted by Gasteiger charge is 2.13. The van der Waals surface area contributed by atoms with Crippen molar-refractivity contribution in [2.75, 3.05) is 12.4 Å². The number of pyridine rings is 1. The number of nitrogens with zero attached hydrogens (tertiary/aromatic N) is 1. The summed E-state index contributed by atoms with van der Waals surface area (Å²) in [5, 5.41) is 11.1. The second-order valence-corrected chi connectivity index (χ2v) is 9.42. The van der Waals surface area contributed by atoms with Gasteiger partial charge in [-0.05, 0) is 0 Å². The minimum atomic E-state index is -1.55. The van der Waals surface area contributed by atoms with E-state index in [2.05, 4.69) is 41.4 Å². The van der Waals surface area contributed by atoms with Crippen LogP contribution in [-0.4, -0.2) is 31.4 Å². The molecule has 0 aromatic carbocycles. The number of hydrogen-bond donors (Lipinski definition) is 2. The fourth-order valence-corrected chi connectivity index (χ4v) is 1.68. The number of rotatable bonds is 2. The van der Waals surface area contributed by atoms with Gasteiger partial charge in [-0.15, -0.1) is 5.54 Å². The molecule has 1 amide bonds. The Kier molecular flexibility index (Phi) is 4.34. The maximum atomic E-state index is 10.8. The Morgan fingerprint density at radius 2 is 2.17 bits per heavy atom. The van der Waals surface area contributed by atoms with Crippen LogP contribution in [0, 0.1) is 11.5 Å². The number of amides is 1. The molecule has 1 rings (SSSR count). The van der Waals surface area contributed by atoms with E-state index >= 15 is 0 Å². The van der Waals surface area contributed by atoms with Gasteiger partial charge in [-0.1, -0.05) is 25.6 Å². The normalized spacial score (nSPS) is 10.2. The molecule has 0 saturated carbocycles. The number of carbonyl (C=O) groups is 1. The number of hydrogen-bond acceptors (Lipinski definition) is 3. The first-order valence-corrected chi connectivity index (χ1v) is 8.89. The van der Waals surface area contributed by atoms with Crippen LogP contribution in [0.5, 0.6) is 5.75 Å². The standard InChI is InChI=1S/C12H16N2O3Si/c1-17-10-5-7-13-9(6-8-18(2,3)4)11(10)14-12(15)16/h5,7,14H,1-4H3,(H,15,16). The average molecular weight is 264 g/mol. The summed E-state index contributed by atoms with van der Waals surface area (Å²) in [4.78, 5) is 14.8. The molecule has 0 radical (unpaired) electrons. The summed E-state index contributed by atoms with van der Waals surface area (Å²) >= 11 is 0. The first-order chi connectivity index (χ1) is 8.33. The average Bonchev–Trinajstić information content (AvgIpc) is 2.25. The van der Waals surface area contributed by atoms with E-state index in [0.717, 1.165) is 0 Å². The lowest BCUT2D eigenvalue weighted by molar-refractivity contribution is 0.209. The van der Waals surface area contributed by atoms with Crippen molar-refractivity contribution in [3.8, 4) is 17.2 Å². The van der Waals surface area contributed by atoms with Gasteiger partial charge in [0, 0.05) is 12.3 Å². The summed E-state index contributed by atoms with van der Waals surface area (Å²) in [5.41, 5.74) is 3.82. The Bertz CT molecular complexity index is 512. The molecule has 0 bridgehead atoms. The van der Waals surface area contributed by atoms with Crippen LogP contribution in [-0.2, 0) is 0 Å². The highest BCUT2D eigenvalue weighted by atomic mass is 28.3. The Balaban J connectivity index is 3.25. The predicted octanol–water partition coefficient (Wildman–Crippen LogP) is 2.41. The minimum Gasteiger partial charge on any atom is -0.494 e. The number of carboxylic acid groups (broad SMARTS) is 1. The Morgan fingerprint density at radius 3 is 2.67 bits per heavy atom. The topological polar surface area (TPSA) is 71.5 Å². The number of ether oxygens (including phenoxy) is 1. The third-order valence-corrected chi connectivity index (χ3v) is 2.80. The lowest BCUT2D eigenvalue weighted by Gasteiger charge is -2.09. The van der Waals surface area contributed by atoms with Crippen LogP contribution in [0.15, 0.2) is 12.3 Å². The summed E-state index contributed by atoms with van der Waals surface area (Å²) in [5.74, 6) is 3.34. The van der Waals surface area contributed by atoms with Crippen LogP contribution in [0.1, 0.15) is 5.69 Å². The molecule has 0 unspecified atom stereocenters. The molecular weight excluding hydrogens is 248 g/mol. The van der Waals surface area contributed by atoms with Gasteiger partial charge in [0.05, 0.1) is 7.11 Å². The quantitative estimate of drug-likeness (QED) is 0.635. The molecular formula is C12H16N2O3Si. The molecule has 0 fully saturated rings. The van der Waals surface area contributed by atoms with Gasteiger partial charge in [-0.25, -0.2) is 9.78 Å². The maximum absolute atomic E-state index is 10.8. The Labute approximate surface area is 107 Å². The van der Waals surface area contributed by atoms with Gasteiger partial charge < -0.3 is 9.84 Å². The molecule has 5 nitrogen and oxygen atoms in total. The van der Waals surface area contributed by atoms with E-state index in [1.165, 1.54) is 7.11 Å². The van der Waals surface area contributed by atoms with Crippen molar-refractivity contribution in [2.24, 2.45) is 0 Å². The van der Waals surface area contributed by atoms with Crippen molar-refractivity contribution >= 4 is 19.9 Å². The summed E-state index contributed by atoms with van der Waals surface area (Å²) in [6.45, 7) is 6.30. The van der Waals surface area contributed by atoms with E-state index in [-0.39, 0.29) is 0 Å². The van der Waals surface area contributed by atoms with Crippen molar-refractivity contribution < 1.29 is 14.6 Å². The van der Waals surface area contributed by atoms with Crippen LogP contribution < -0.4 is 10.1 Å². The van der Waals surface area contributed by atoms with Gasteiger partial charge in [0.25, 0.3) is 0 Å².